The van der Waals surface area contributed by atoms with Gasteiger partial charge in [-0.15, -0.1) is 11.3 Å². The molecule has 1 aromatic carbocycles. The molecule has 0 atom stereocenters. The summed E-state index contributed by atoms with van der Waals surface area (Å²) >= 11 is 5.37. The number of halogens is 1. The number of nitrogens with zero attached hydrogens (tertiary/aromatic N) is 1. The second-order valence-electron chi connectivity index (χ2n) is 5.67. The number of nitrogens with one attached hydrogen (secondary N) is 1. The lowest BCUT2D eigenvalue weighted by Crippen LogP contribution is -2.18. The van der Waals surface area contributed by atoms with Gasteiger partial charge in [-0.05, 0) is 52.4 Å². The number of fused-ring (bicyclic) bond motifs is 1. The van der Waals surface area contributed by atoms with Gasteiger partial charge in [0, 0.05) is 38.5 Å². The highest BCUT2D eigenvalue weighted by atomic mass is 79.9. The SMILES string of the molecule is Brc1csc(Cn2c(CNC3CC3)cc3ccccc32)c1. The van der Waals surface area contributed by atoms with E-state index >= 15 is 0 Å². The molecule has 0 aliphatic heterocycles. The summed E-state index contributed by atoms with van der Waals surface area (Å²) in [6.45, 7) is 1.91. The van der Waals surface area contributed by atoms with E-state index in [9.17, 15) is 0 Å². The highest BCUT2D eigenvalue weighted by Gasteiger charge is 2.21. The number of thiophene rings is 1. The minimum atomic E-state index is 0.743. The van der Waals surface area contributed by atoms with Crippen LogP contribution in [0.1, 0.15) is 23.4 Å². The molecule has 1 fully saturated rings. The summed E-state index contributed by atoms with van der Waals surface area (Å²) in [5, 5.41) is 7.13. The van der Waals surface area contributed by atoms with Crippen molar-refractivity contribution < 1.29 is 0 Å². The Morgan fingerprint density at radius 2 is 2.10 bits per heavy atom. The molecule has 4 rings (SSSR count). The van der Waals surface area contributed by atoms with E-state index in [1.165, 1.54) is 38.8 Å². The summed E-state index contributed by atoms with van der Waals surface area (Å²) in [5.74, 6) is 0. The fourth-order valence-corrected chi connectivity index (χ4v) is 4.17. The van der Waals surface area contributed by atoms with Crippen LogP contribution in [0, 0.1) is 0 Å². The zero-order valence-electron chi connectivity index (χ0n) is 11.7. The van der Waals surface area contributed by atoms with Gasteiger partial charge in [0.1, 0.15) is 0 Å². The standard InChI is InChI=1S/C17H17BrN2S/c18-13-8-16(21-11-13)10-20-15(9-19-14-5-6-14)7-12-3-1-2-4-17(12)20/h1-4,7-8,11,14,19H,5-6,9-10H2. The molecule has 2 nitrogen and oxygen atoms in total. The molecule has 1 N–H and O–H groups in total. The second-order valence-corrected chi connectivity index (χ2v) is 7.58. The largest absolute Gasteiger partial charge is 0.338 e. The maximum absolute atomic E-state index is 3.64. The van der Waals surface area contributed by atoms with E-state index in [1.54, 1.807) is 0 Å². The van der Waals surface area contributed by atoms with Crippen LogP contribution in [0.25, 0.3) is 10.9 Å². The Hall–Kier alpha value is -1.10. The third-order valence-electron chi connectivity index (χ3n) is 3.98. The van der Waals surface area contributed by atoms with Crippen LogP contribution in [0.2, 0.25) is 0 Å². The lowest BCUT2D eigenvalue weighted by molar-refractivity contribution is 0.643. The maximum Gasteiger partial charge on any atom is 0.0573 e. The van der Waals surface area contributed by atoms with Gasteiger partial charge in [0.15, 0.2) is 0 Å². The Morgan fingerprint density at radius 1 is 1.24 bits per heavy atom. The van der Waals surface area contributed by atoms with Crippen LogP contribution in [-0.2, 0) is 13.1 Å². The third kappa shape index (κ3) is 2.93. The van der Waals surface area contributed by atoms with Crippen molar-refractivity contribution in [1.82, 2.24) is 9.88 Å². The van der Waals surface area contributed by atoms with E-state index in [2.05, 4.69) is 67.6 Å². The highest BCUT2D eigenvalue weighted by Crippen LogP contribution is 2.26. The number of hydrogen-bond acceptors (Lipinski definition) is 2. The average Bonchev–Trinajstić information content (AvgIpc) is 3.14. The van der Waals surface area contributed by atoms with Gasteiger partial charge in [-0.1, -0.05) is 18.2 Å². The van der Waals surface area contributed by atoms with E-state index in [1.807, 2.05) is 11.3 Å². The molecule has 1 aliphatic carbocycles. The van der Waals surface area contributed by atoms with E-state index in [0.717, 1.165) is 19.1 Å². The zero-order valence-corrected chi connectivity index (χ0v) is 14.1. The maximum atomic E-state index is 3.64. The van der Waals surface area contributed by atoms with Gasteiger partial charge in [0.2, 0.25) is 0 Å². The van der Waals surface area contributed by atoms with Crippen LogP contribution in [0.5, 0.6) is 0 Å². The Morgan fingerprint density at radius 3 is 2.86 bits per heavy atom. The minimum absolute atomic E-state index is 0.743. The van der Waals surface area contributed by atoms with Crippen molar-refractivity contribution in [1.29, 1.82) is 0 Å². The molecule has 0 bridgehead atoms. The monoisotopic (exact) mass is 360 g/mol. The summed E-state index contributed by atoms with van der Waals surface area (Å²) in [5.41, 5.74) is 2.71. The topological polar surface area (TPSA) is 17.0 Å². The molecule has 0 spiro atoms. The quantitative estimate of drug-likeness (QED) is 0.693. The van der Waals surface area contributed by atoms with Crippen molar-refractivity contribution in [3.63, 3.8) is 0 Å². The lowest BCUT2D eigenvalue weighted by atomic mass is 10.2. The smallest absolute Gasteiger partial charge is 0.0573 e. The van der Waals surface area contributed by atoms with Crippen LogP contribution >= 0.6 is 27.3 Å². The first-order valence-electron chi connectivity index (χ1n) is 7.33. The molecule has 1 aliphatic rings. The molecule has 108 valence electrons. The van der Waals surface area contributed by atoms with Crippen LogP contribution in [0.3, 0.4) is 0 Å². The Kier molecular flexibility index (Phi) is 3.61. The van der Waals surface area contributed by atoms with E-state index in [0.29, 0.717) is 0 Å². The van der Waals surface area contributed by atoms with E-state index in [4.69, 9.17) is 0 Å². The predicted molar refractivity (Wildman–Crippen MR) is 92.9 cm³/mol. The van der Waals surface area contributed by atoms with Gasteiger partial charge in [0.25, 0.3) is 0 Å². The zero-order chi connectivity index (χ0) is 14.2. The Bertz CT molecular complexity index is 770. The average molecular weight is 361 g/mol. The summed E-state index contributed by atoms with van der Waals surface area (Å²) in [7, 11) is 0. The van der Waals surface area contributed by atoms with Crippen LogP contribution in [-0.4, -0.2) is 10.6 Å². The minimum Gasteiger partial charge on any atom is -0.338 e. The third-order valence-corrected chi connectivity index (χ3v) is 5.66. The van der Waals surface area contributed by atoms with Crippen molar-refractivity contribution in [2.75, 3.05) is 0 Å². The molecular formula is C17H17BrN2S. The molecule has 4 heteroatoms. The lowest BCUT2D eigenvalue weighted by Gasteiger charge is -2.10. The van der Waals surface area contributed by atoms with Crippen molar-refractivity contribution in [3.05, 3.63) is 56.8 Å². The molecular weight excluding hydrogens is 344 g/mol. The van der Waals surface area contributed by atoms with Gasteiger partial charge in [0.05, 0.1) is 6.54 Å². The Labute approximate surface area is 136 Å². The van der Waals surface area contributed by atoms with Gasteiger partial charge in [-0.3, -0.25) is 0 Å². The molecule has 0 radical (unpaired) electrons. The first-order valence-corrected chi connectivity index (χ1v) is 9.00. The van der Waals surface area contributed by atoms with Gasteiger partial charge in [-0.25, -0.2) is 0 Å². The summed E-state index contributed by atoms with van der Waals surface area (Å²) < 4.78 is 3.62. The highest BCUT2D eigenvalue weighted by molar-refractivity contribution is 9.10. The molecule has 2 heterocycles. The van der Waals surface area contributed by atoms with Crippen LogP contribution in [0.4, 0.5) is 0 Å². The number of hydrogen-bond donors (Lipinski definition) is 1. The van der Waals surface area contributed by atoms with Gasteiger partial charge >= 0.3 is 0 Å². The van der Waals surface area contributed by atoms with Crippen molar-refractivity contribution in [2.45, 2.75) is 32.0 Å². The summed E-state index contributed by atoms with van der Waals surface area (Å²) in [4.78, 5) is 1.39. The van der Waals surface area contributed by atoms with Gasteiger partial charge < -0.3 is 9.88 Å². The molecule has 0 unspecified atom stereocenters. The number of benzene rings is 1. The normalized spacial score (nSPS) is 14.9. The fourth-order valence-electron chi connectivity index (χ4n) is 2.73. The first kappa shape index (κ1) is 13.6. The number of rotatable bonds is 5. The fraction of sp³-hybridized carbons (Fsp3) is 0.294. The van der Waals surface area contributed by atoms with Crippen molar-refractivity contribution in [2.24, 2.45) is 0 Å². The molecule has 3 aromatic rings. The van der Waals surface area contributed by atoms with Crippen LogP contribution < -0.4 is 5.32 Å². The number of para-hydroxylation sites is 1. The second kappa shape index (κ2) is 5.59. The Balaban J connectivity index is 1.70. The molecule has 2 aromatic heterocycles. The van der Waals surface area contributed by atoms with E-state index < -0.39 is 0 Å². The number of aromatic nitrogens is 1. The van der Waals surface area contributed by atoms with E-state index in [-0.39, 0.29) is 0 Å². The van der Waals surface area contributed by atoms with Crippen LogP contribution in [0.15, 0.2) is 46.3 Å². The summed E-state index contributed by atoms with van der Waals surface area (Å²) in [6, 6.07) is 14.0. The molecule has 0 amide bonds. The molecule has 1 saturated carbocycles. The first-order chi connectivity index (χ1) is 10.3. The molecule has 0 saturated heterocycles. The predicted octanol–water partition coefficient (Wildman–Crippen LogP) is 4.77. The summed E-state index contributed by atoms with van der Waals surface area (Å²) in [6.07, 6.45) is 2.66. The van der Waals surface area contributed by atoms with Crippen molar-refractivity contribution >= 4 is 38.2 Å². The van der Waals surface area contributed by atoms with Gasteiger partial charge in [-0.2, -0.15) is 0 Å². The van der Waals surface area contributed by atoms with Crippen molar-refractivity contribution in [3.8, 4) is 0 Å². The molecule has 21 heavy (non-hydrogen) atoms.